The van der Waals surface area contributed by atoms with Gasteiger partial charge >= 0.3 is 0 Å². The molecule has 0 bridgehead atoms. The van der Waals surface area contributed by atoms with E-state index in [1.165, 1.54) is 0 Å². The van der Waals surface area contributed by atoms with Gasteiger partial charge in [0, 0.05) is 30.7 Å². The smallest absolute Gasteiger partial charge is 0.220 e. The summed E-state index contributed by atoms with van der Waals surface area (Å²) in [5.74, 6) is -3.09. The van der Waals surface area contributed by atoms with Gasteiger partial charge in [-0.15, -0.1) is 0 Å². The summed E-state index contributed by atoms with van der Waals surface area (Å²) < 4.78 is 39.0. The standard InChI is InChI=1S/C12H14F3NO/c1-7(2)3-12(17)16-6-9-10(14)4-8(13)5-11(9)15/h4-5,7H,3,6H2,1-2H3,(H,16,17). The molecule has 94 valence electrons. The highest BCUT2D eigenvalue weighted by molar-refractivity contribution is 5.76. The maximum atomic E-state index is 13.2. The molecule has 0 aliphatic carbocycles. The Labute approximate surface area is 97.8 Å². The summed E-state index contributed by atoms with van der Waals surface area (Å²) in [6.45, 7) is 3.45. The quantitative estimate of drug-likeness (QED) is 0.868. The predicted molar refractivity (Wildman–Crippen MR) is 57.6 cm³/mol. The fraction of sp³-hybridized carbons (Fsp3) is 0.417. The molecule has 0 saturated carbocycles. The number of halogens is 3. The van der Waals surface area contributed by atoms with E-state index in [1.807, 2.05) is 13.8 Å². The summed E-state index contributed by atoms with van der Waals surface area (Å²) in [5, 5.41) is 2.39. The van der Waals surface area contributed by atoms with E-state index in [0.717, 1.165) is 0 Å². The zero-order valence-electron chi connectivity index (χ0n) is 9.69. The first-order valence-corrected chi connectivity index (χ1v) is 5.30. The van der Waals surface area contributed by atoms with Crippen molar-refractivity contribution >= 4 is 5.91 Å². The van der Waals surface area contributed by atoms with Crippen LogP contribution in [0.4, 0.5) is 13.2 Å². The monoisotopic (exact) mass is 245 g/mol. The minimum Gasteiger partial charge on any atom is -0.352 e. The Kier molecular flexibility index (Phi) is 4.54. The Hall–Kier alpha value is -1.52. The van der Waals surface area contributed by atoms with E-state index in [2.05, 4.69) is 5.32 Å². The van der Waals surface area contributed by atoms with Crippen LogP contribution < -0.4 is 5.32 Å². The Bertz CT molecular complexity index is 395. The van der Waals surface area contributed by atoms with Crippen molar-refractivity contribution in [1.29, 1.82) is 0 Å². The van der Waals surface area contributed by atoms with Crippen molar-refractivity contribution < 1.29 is 18.0 Å². The molecule has 0 radical (unpaired) electrons. The van der Waals surface area contributed by atoms with Gasteiger partial charge < -0.3 is 5.32 Å². The summed E-state index contributed by atoms with van der Waals surface area (Å²) >= 11 is 0. The maximum Gasteiger partial charge on any atom is 0.220 e. The maximum absolute atomic E-state index is 13.2. The summed E-state index contributed by atoms with van der Waals surface area (Å²) in [7, 11) is 0. The third-order valence-corrected chi connectivity index (χ3v) is 2.16. The van der Waals surface area contributed by atoms with Gasteiger partial charge in [-0.3, -0.25) is 4.79 Å². The third-order valence-electron chi connectivity index (χ3n) is 2.16. The van der Waals surface area contributed by atoms with Gasteiger partial charge in [-0.05, 0) is 5.92 Å². The van der Waals surface area contributed by atoms with Gasteiger partial charge in [0.1, 0.15) is 17.5 Å². The fourth-order valence-electron chi connectivity index (χ4n) is 1.37. The zero-order valence-corrected chi connectivity index (χ0v) is 9.69. The molecule has 0 aliphatic rings. The number of amides is 1. The van der Waals surface area contributed by atoms with Gasteiger partial charge in [0.2, 0.25) is 5.91 Å². The van der Waals surface area contributed by atoms with Gasteiger partial charge in [0.15, 0.2) is 0 Å². The summed E-state index contributed by atoms with van der Waals surface area (Å²) in [6.07, 6.45) is 0.282. The Morgan fingerprint density at radius 1 is 1.24 bits per heavy atom. The minimum absolute atomic E-state index is 0.165. The lowest BCUT2D eigenvalue weighted by Gasteiger charge is -2.08. The van der Waals surface area contributed by atoms with E-state index in [4.69, 9.17) is 0 Å². The number of hydrogen-bond acceptors (Lipinski definition) is 1. The topological polar surface area (TPSA) is 29.1 Å². The Morgan fingerprint density at radius 2 is 1.76 bits per heavy atom. The first-order chi connectivity index (χ1) is 7.90. The lowest BCUT2D eigenvalue weighted by Crippen LogP contribution is -2.25. The van der Waals surface area contributed by atoms with Crippen LogP contribution >= 0.6 is 0 Å². The minimum atomic E-state index is -0.993. The molecule has 1 aromatic rings. The highest BCUT2D eigenvalue weighted by Crippen LogP contribution is 2.14. The first kappa shape index (κ1) is 13.5. The molecule has 17 heavy (non-hydrogen) atoms. The fourth-order valence-corrected chi connectivity index (χ4v) is 1.37. The van der Waals surface area contributed by atoms with Crippen LogP contribution in [-0.2, 0) is 11.3 Å². The van der Waals surface area contributed by atoms with Crippen LogP contribution in [-0.4, -0.2) is 5.91 Å². The second kappa shape index (κ2) is 5.70. The zero-order chi connectivity index (χ0) is 13.0. The number of benzene rings is 1. The average molecular weight is 245 g/mol. The largest absolute Gasteiger partial charge is 0.352 e. The molecule has 1 rings (SSSR count). The van der Waals surface area contributed by atoms with Crippen molar-refractivity contribution in [3.8, 4) is 0 Å². The van der Waals surface area contributed by atoms with Crippen molar-refractivity contribution in [2.75, 3.05) is 0 Å². The van der Waals surface area contributed by atoms with Crippen LogP contribution in [0.25, 0.3) is 0 Å². The van der Waals surface area contributed by atoms with Crippen molar-refractivity contribution in [3.05, 3.63) is 35.1 Å². The molecule has 1 aromatic carbocycles. The van der Waals surface area contributed by atoms with Gasteiger partial charge in [-0.25, -0.2) is 13.2 Å². The molecular formula is C12H14F3NO. The molecule has 5 heteroatoms. The molecule has 0 fully saturated rings. The van der Waals surface area contributed by atoms with Gasteiger partial charge in [-0.1, -0.05) is 13.8 Å². The molecular weight excluding hydrogens is 231 g/mol. The van der Waals surface area contributed by atoms with Crippen LogP contribution in [0.15, 0.2) is 12.1 Å². The lowest BCUT2D eigenvalue weighted by molar-refractivity contribution is -0.121. The summed E-state index contributed by atoms with van der Waals surface area (Å²) in [6, 6.07) is 1.18. The molecule has 0 spiro atoms. The van der Waals surface area contributed by atoms with Crippen molar-refractivity contribution in [2.24, 2.45) is 5.92 Å². The first-order valence-electron chi connectivity index (χ1n) is 5.30. The predicted octanol–water partition coefficient (Wildman–Crippen LogP) is 2.77. The molecule has 1 amide bonds. The molecule has 0 atom stereocenters. The SMILES string of the molecule is CC(C)CC(=O)NCc1c(F)cc(F)cc1F. The normalized spacial score (nSPS) is 10.7. The number of carbonyl (C=O) groups is 1. The molecule has 0 heterocycles. The van der Waals surface area contributed by atoms with Gasteiger partial charge in [0.25, 0.3) is 0 Å². The van der Waals surface area contributed by atoms with Crippen molar-refractivity contribution in [2.45, 2.75) is 26.8 Å². The highest BCUT2D eigenvalue weighted by Gasteiger charge is 2.12. The highest BCUT2D eigenvalue weighted by atomic mass is 19.1. The van der Waals surface area contributed by atoms with E-state index < -0.39 is 17.5 Å². The Morgan fingerprint density at radius 3 is 2.24 bits per heavy atom. The Balaban J connectivity index is 2.67. The van der Waals surface area contributed by atoms with E-state index in [-0.39, 0.29) is 30.4 Å². The average Bonchev–Trinajstić information content (AvgIpc) is 2.14. The van der Waals surface area contributed by atoms with Crippen LogP contribution in [0.5, 0.6) is 0 Å². The van der Waals surface area contributed by atoms with Crippen LogP contribution in [0.1, 0.15) is 25.8 Å². The second-order valence-electron chi connectivity index (χ2n) is 4.22. The number of rotatable bonds is 4. The van der Waals surface area contributed by atoms with Crippen molar-refractivity contribution in [1.82, 2.24) is 5.32 Å². The summed E-state index contributed by atoms with van der Waals surface area (Å²) in [4.78, 5) is 11.3. The molecule has 0 aromatic heterocycles. The number of carbonyl (C=O) groups excluding carboxylic acids is 1. The van der Waals surface area contributed by atoms with Crippen LogP contribution in [0, 0.1) is 23.4 Å². The second-order valence-corrected chi connectivity index (χ2v) is 4.22. The van der Waals surface area contributed by atoms with E-state index in [1.54, 1.807) is 0 Å². The molecule has 0 aliphatic heterocycles. The number of nitrogens with one attached hydrogen (secondary N) is 1. The van der Waals surface area contributed by atoms with E-state index in [9.17, 15) is 18.0 Å². The van der Waals surface area contributed by atoms with Gasteiger partial charge in [-0.2, -0.15) is 0 Å². The van der Waals surface area contributed by atoms with Crippen LogP contribution in [0.2, 0.25) is 0 Å². The van der Waals surface area contributed by atoms with E-state index >= 15 is 0 Å². The number of hydrogen-bond donors (Lipinski definition) is 1. The third kappa shape index (κ3) is 4.09. The lowest BCUT2D eigenvalue weighted by atomic mass is 10.1. The summed E-state index contributed by atoms with van der Waals surface area (Å²) in [5.41, 5.74) is -0.330. The molecule has 0 unspecified atom stereocenters. The molecule has 1 N–H and O–H groups in total. The van der Waals surface area contributed by atoms with Crippen LogP contribution in [0.3, 0.4) is 0 Å². The van der Waals surface area contributed by atoms with Gasteiger partial charge in [0.05, 0.1) is 0 Å². The molecule has 0 saturated heterocycles. The molecule has 2 nitrogen and oxygen atoms in total. The van der Waals surface area contributed by atoms with E-state index in [0.29, 0.717) is 12.1 Å². The van der Waals surface area contributed by atoms with Crippen molar-refractivity contribution in [3.63, 3.8) is 0 Å².